The molecule has 2 heterocycles. The van der Waals surface area contributed by atoms with Gasteiger partial charge in [-0.3, -0.25) is 4.79 Å². The van der Waals surface area contributed by atoms with E-state index >= 15 is 0 Å². The highest BCUT2D eigenvalue weighted by Crippen LogP contribution is 2.14. The predicted octanol–water partition coefficient (Wildman–Crippen LogP) is 1.19. The Hall–Kier alpha value is -1.95. The summed E-state index contributed by atoms with van der Waals surface area (Å²) in [5, 5.41) is 13.4. The van der Waals surface area contributed by atoms with Crippen molar-refractivity contribution in [3.05, 3.63) is 29.2 Å². The van der Waals surface area contributed by atoms with Crippen LogP contribution in [-0.4, -0.2) is 49.7 Å². The summed E-state index contributed by atoms with van der Waals surface area (Å²) in [5.74, 6) is -0.130. The summed E-state index contributed by atoms with van der Waals surface area (Å²) in [6.07, 6.45) is 1.58. The third kappa shape index (κ3) is 2.51. The van der Waals surface area contributed by atoms with E-state index in [1.165, 1.54) is 0 Å². The zero-order valence-electron chi connectivity index (χ0n) is 12.3. The van der Waals surface area contributed by atoms with Crippen molar-refractivity contribution in [3.8, 4) is 0 Å². The molecular weight excluding hydrogens is 256 g/mol. The highest BCUT2D eigenvalue weighted by atomic mass is 16.3. The number of hydrogen-bond acceptors (Lipinski definition) is 4. The Bertz CT molecular complexity index is 633. The average Bonchev–Trinajstić information content (AvgIpc) is 2.77. The monoisotopic (exact) mass is 276 g/mol. The van der Waals surface area contributed by atoms with Crippen molar-refractivity contribution < 1.29 is 9.90 Å². The lowest BCUT2D eigenvalue weighted by Gasteiger charge is -2.26. The summed E-state index contributed by atoms with van der Waals surface area (Å²) in [6.45, 7) is 7.85. The Morgan fingerprint density at radius 3 is 2.75 bits per heavy atom. The molecule has 0 saturated heterocycles. The van der Waals surface area contributed by atoms with Gasteiger partial charge in [-0.1, -0.05) is 0 Å². The lowest BCUT2D eigenvalue weighted by Crippen LogP contribution is -2.39. The van der Waals surface area contributed by atoms with E-state index in [2.05, 4.69) is 10.1 Å². The van der Waals surface area contributed by atoms with E-state index in [1.54, 1.807) is 15.6 Å². The van der Waals surface area contributed by atoms with Crippen molar-refractivity contribution in [2.75, 3.05) is 13.2 Å². The quantitative estimate of drug-likeness (QED) is 0.910. The SMILES string of the molecule is Cc1cc2ncc(C(=O)N(CCO)C(C)C)c(C)n2n1. The Morgan fingerprint density at radius 1 is 1.45 bits per heavy atom. The maximum Gasteiger partial charge on any atom is 0.257 e. The summed E-state index contributed by atoms with van der Waals surface area (Å²) in [7, 11) is 0. The van der Waals surface area contributed by atoms with Crippen LogP contribution in [0.5, 0.6) is 0 Å². The largest absolute Gasteiger partial charge is 0.395 e. The first-order valence-corrected chi connectivity index (χ1v) is 6.69. The third-order valence-electron chi connectivity index (χ3n) is 3.30. The van der Waals surface area contributed by atoms with Gasteiger partial charge in [-0.2, -0.15) is 5.10 Å². The van der Waals surface area contributed by atoms with E-state index in [0.29, 0.717) is 12.1 Å². The second-order valence-electron chi connectivity index (χ2n) is 5.13. The van der Waals surface area contributed by atoms with Gasteiger partial charge in [-0.25, -0.2) is 9.50 Å². The van der Waals surface area contributed by atoms with Crippen LogP contribution >= 0.6 is 0 Å². The summed E-state index contributed by atoms with van der Waals surface area (Å²) < 4.78 is 1.68. The Kier molecular flexibility index (Phi) is 4.04. The lowest BCUT2D eigenvalue weighted by atomic mass is 10.2. The molecule has 0 aromatic carbocycles. The van der Waals surface area contributed by atoms with Crippen LogP contribution in [0.3, 0.4) is 0 Å². The van der Waals surface area contributed by atoms with Crippen molar-refractivity contribution in [1.29, 1.82) is 0 Å². The van der Waals surface area contributed by atoms with Crippen molar-refractivity contribution in [2.45, 2.75) is 33.7 Å². The van der Waals surface area contributed by atoms with Crippen molar-refractivity contribution in [1.82, 2.24) is 19.5 Å². The van der Waals surface area contributed by atoms with Gasteiger partial charge < -0.3 is 10.0 Å². The van der Waals surface area contributed by atoms with Crippen LogP contribution in [-0.2, 0) is 0 Å². The summed E-state index contributed by atoms with van der Waals surface area (Å²) in [6, 6.07) is 1.89. The van der Waals surface area contributed by atoms with Gasteiger partial charge in [0.2, 0.25) is 0 Å². The molecule has 2 aromatic rings. The smallest absolute Gasteiger partial charge is 0.257 e. The molecule has 0 aliphatic carbocycles. The lowest BCUT2D eigenvalue weighted by molar-refractivity contribution is 0.0663. The van der Waals surface area contributed by atoms with E-state index in [-0.39, 0.29) is 18.6 Å². The fourth-order valence-corrected chi connectivity index (χ4v) is 2.23. The predicted molar refractivity (Wildman–Crippen MR) is 75.7 cm³/mol. The standard InChI is InChI=1S/C14H20N4O2/c1-9(2)17(5-6-19)14(20)12-8-15-13-7-10(3)16-18(13)11(12)4/h7-9,19H,5-6H2,1-4H3. The molecule has 0 atom stereocenters. The number of amides is 1. The summed E-state index contributed by atoms with van der Waals surface area (Å²) in [5.41, 5.74) is 2.87. The zero-order valence-corrected chi connectivity index (χ0v) is 12.3. The molecule has 6 heteroatoms. The molecule has 1 amide bonds. The molecule has 0 bridgehead atoms. The average molecular weight is 276 g/mol. The molecular formula is C14H20N4O2. The minimum atomic E-state index is -0.130. The van der Waals surface area contributed by atoms with Gasteiger partial charge in [0.1, 0.15) is 0 Å². The first-order chi connectivity index (χ1) is 9.45. The summed E-state index contributed by atoms with van der Waals surface area (Å²) >= 11 is 0. The van der Waals surface area contributed by atoms with Crippen LogP contribution in [0.1, 0.15) is 35.6 Å². The van der Waals surface area contributed by atoms with Gasteiger partial charge in [-0.05, 0) is 27.7 Å². The maximum absolute atomic E-state index is 12.6. The fourth-order valence-electron chi connectivity index (χ4n) is 2.23. The van der Waals surface area contributed by atoms with E-state index in [1.807, 2.05) is 33.8 Å². The van der Waals surface area contributed by atoms with Gasteiger partial charge in [0.05, 0.1) is 23.6 Å². The molecule has 0 spiro atoms. The molecule has 20 heavy (non-hydrogen) atoms. The Labute approximate surface area is 118 Å². The second-order valence-corrected chi connectivity index (χ2v) is 5.13. The number of rotatable bonds is 4. The molecule has 2 aromatic heterocycles. The molecule has 0 aliphatic heterocycles. The minimum absolute atomic E-state index is 0.0177. The number of aromatic nitrogens is 3. The molecule has 0 radical (unpaired) electrons. The van der Waals surface area contributed by atoms with Crippen LogP contribution in [0.2, 0.25) is 0 Å². The third-order valence-corrected chi connectivity index (χ3v) is 3.30. The topological polar surface area (TPSA) is 70.7 Å². The molecule has 0 aliphatic rings. The molecule has 0 saturated carbocycles. The maximum atomic E-state index is 12.6. The van der Waals surface area contributed by atoms with Crippen molar-refractivity contribution in [2.24, 2.45) is 0 Å². The van der Waals surface area contributed by atoms with Crippen molar-refractivity contribution in [3.63, 3.8) is 0 Å². The van der Waals surface area contributed by atoms with Gasteiger partial charge in [0, 0.05) is 24.8 Å². The fraction of sp³-hybridized carbons (Fsp3) is 0.500. The van der Waals surface area contributed by atoms with Crippen LogP contribution in [0, 0.1) is 13.8 Å². The number of carbonyl (C=O) groups is 1. The first-order valence-electron chi connectivity index (χ1n) is 6.69. The zero-order chi connectivity index (χ0) is 14.9. The number of fused-ring (bicyclic) bond motifs is 1. The molecule has 0 unspecified atom stereocenters. The van der Waals surface area contributed by atoms with Crippen molar-refractivity contribution >= 4 is 11.6 Å². The van der Waals surface area contributed by atoms with Gasteiger partial charge in [0.15, 0.2) is 5.65 Å². The molecule has 108 valence electrons. The van der Waals surface area contributed by atoms with E-state index in [0.717, 1.165) is 17.0 Å². The van der Waals surface area contributed by atoms with Gasteiger partial charge in [0.25, 0.3) is 5.91 Å². The number of carbonyl (C=O) groups excluding carboxylic acids is 1. The van der Waals surface area contributed by atoms with E-state index < -0.39 is 0 Å². The van der Waals surface area contributed by atoms with Gasteiger partial charge >= 0.3 is 0 Å². The molecule has 2 rings (SSSR count). The summed E-state index contributed by atoms with van der Waals surface area (Å²) in [4.78, 5) is 18.5. The Morgan fingerprint density at radius 2 is 2.15 bits per heavy atom. The van der Waals surface area contributed by atoms with E-state index in [9.17, 15) is 4.79 Å². The number of aryl methyl sites for hydroxylation is 2. The highest BCUT2D eigenvalue weighted by Gasteiger charge is 2.21. The Balaban J connectivity index is 2.46. The first kappa shape index (κ1) is 14.5. The van der Waals surface area contributed by atoms with Gasteiger partial charge in [-0.15, -0.1) is 0 Å². The van der Waals surface area contributed by atoms with Crippen LogP contribution in [0.4, 0.5) is 0 Å². The number of aliphatic hydroxyl groups is 1. The number of aliphatic hydroxyl groups excluding tert-OH is 1. The normalized spacial score (nSPS) is 11.3. The second kappa shape index (κ2) is 5.58. The number of nitrogens with zero attached hydrogens (tertiary/aromatic N) is 4. The van der Waals surface area contributed by atoms with Crippen LogP contribution in [0.25, 0.3) is 5.65 Å². The molecule has 0 fully saturated rings. The molecule has 6 nitrogen and oxygen atoms in total. The van der Waals surface area contributed by atoms with Crippen LogP contribution < -0.4 is 0 Å². The molecule has 1 N–H and O–H groups in total. The highest BCUT2D eigenvalue weighted by molar-refractivity contribution is 5.95. The minimum Gasteiger partial charge on any atom is -0.395 e. The van der Waals surface area contributed by atoms with E-state index in [4.69, 9.17) is 5.11 Å². The van der Waals surface area contributed by atoms with Crippen LogP contribution in [0.15, 0.2) is 12.3 Å². The number of hydrogen-bond donors (Lipinski definition) is 1.